The number of anilines is 2. The van der Waals surface area contributed by atoms with Crippen molar-refractivity contribution in [3.8, 4) is 0 Å². The van der Waals surface area contributed by atoms with E-state index in [2.05, 4.69) is 15.3 Å². The number of benzene rings is 1. The van der Waals surface area contributed by atoms with Crippen molar-refractivity contribution < 1.29 is 4.79 Å². The zero-order chi connectivity index (χ0) is 14.8. The number of nitrogens with one attached hydrogen (secondary N) is 1. The van der Waals surface area contributed by atoms with Crippen LogP contribution in [0.15, 0.2) is 48.8 Å². The first-order valence-corrected chi connectivity index (χ1v) is 6.59. The third kappa shape index (κ3) is 2.64. The topological polar surface area (TPSA) is 80.9 Å². The molecule has 3 aromatic rings. The molecular formula is C15H11ClN4O. The summed E-state index contributed by atoms with van der Waals surface area (Å²) in [6, 6.07) is 10.8. The second kappa shape index (κ2) is 5.38. The van der Waals surface area contributed by atoms with E-state index in [9.17, 15) is 4.79 Å². The number of carbonyl (C=O) groups excluding carboxylic acids is 1. The summed E-state index contributed by atoms with van der Waals surface area (Å²) in [6.45, 7) is 0. The molecule has 104 valence electrons. The van der Waals surface area contributed by atoms with Crippen LogP contribution < -0.4 is 11.1 Å². The van der Waals surface area contributed by atoms with Gasteiger partial charge in [0.2, 0.25) is 0 Å². The molecule has 0 fully saturated rings. The highest BCUT2D eigenvalue weighted by Crippen LogP contribution is 2.22. The van der Waals surface area contributed by atoms with Gasteiger partial charge in [0.05, 0.1) is 21.8 Å². The van der Waals surface area contributed by atoms with E-state index in [0.717, 1.165) is 10.9 Å². The van der Waals surface area contributed by atoms with Gasteiger partial charge in [-0.15, -0.1) is 0 Å². The van der Waals surface area contributed by atoms with Gasteiger partial charge in [0.1, 0.15) is 5.82 Å². The van der Waals surface area contributed by atoms with Crippen LogP contribution in [0.5, 0.6) is 0 Å². The summed E-state index contributed by atoms with van der Waals surface area (Å²) in [4.78, 5) is 20.4. The van der Waals surface area contributed by atoms with Gasteiger partial charge in [-0.1, -0.05) is 29.8 Å². The summed E-state index contributed by atoms with van der Waals surface area (Å²) in [5, 5.41) is 4.00. The number of amides is 1. The fourth-order valence-corrected chi connectivity index (χ4v) is 2.14. The number of aromatic nitrogens is 2. The highest BCUT2D eigenvalue weighted by Gasteiger charge is 2.11. The van der Waals surface area contributed by atoms with Crippen LogP contribution in [0.2, 0.25) is 5.02 Å². The third-order valence-electron chi connectivity index (χ3n) is 3.01. The number of halogens is 1. The molecule has 3 rings (SSSR count). The largest absolute Gasteiger partial charge is 0.382 e. The maximum absolute atomic E-state index is 12.2. The van der Waals surface area contributed by atoms with Gasteiger partial charge in [-0.05, 0) is 18.2 Å². The molecule has 21 heavy (non-hydrogen) atoms. The van der Waals surface area contributed by atoms with Gasteiger partial charge in [-0.2, -0.15) is 0 Å². The van der Waals surface area contributed by atoms with E-state index >= 15 is 0 Å². The Morgan fingerprint density at radius 1 is 1.19 bits per heavy atom. The molecule has 5 nitrogen and oxygen atoms in total. The summed E-state index contributed by atoms with van der Waals surface area (Å²) >= 11 is 5.88. The number of nitrogen functional groups attached to an aromatic ring is 1. The fourth-order valence-electron chi connectivity index (χ4n) is 1.97. The van der Waals surface area contributed by atoms with Crippen molar-refractivity contribution in [3.05, 3.63) is 59.4 Å². The molecule has 0 radical (unpaired) electrons. The lowest BCUT2D eigenvalue weighted by molar-refractivity contribution is 0.102. The first-order valence-electron chi connectivity index (χ1n) is 6.21. The quantitative estimate of drug-likeness (QED) is 0.761. The van der Waals surface area contributed by atoms with Gasteiger partial charge in [-0.3, -0.25) is 9.78 Å². The number of fused-ring (bicyclic) bond motifs is 1. The second-order valence-corrected chi connectivity index (χ2v) is 4.83. The lowest BCUT2D eigenvalue weighted by Crippen LogP contribution is -2.13. The van der Waals surface area contributed by atoms with Gasteiger partial charge in [0.25, 0.3) is 5.91 Å². The zero-order valence-corrected chi connectivity index (χ0v) is 11.6. The van der Waals surface area contributed by atoms with Crippen LogP contribution in [0.3, 0.4) is 0 Å². The fraction of sp³-hybridized carbons (Fsp3) is 0. The van der Waals surface area contributed by atoms with Gasteiger partial charge in [0.15, 0.2) is 0 Å². The molecule has 6 heteroatoms. The van der Waals surface area contributed by atoms with E-state index in [0.29, 0.717) is 11.3 Å². The molecule has 0 unspecified atom stereocenters. The maximum Gasteiger partial charge on any atom is 0.257 e. The standard InChI is InChI=1S/C15H11ClN4O/c16-11-7-10(8-19-14(11)17)15(21)20-12-5-1-3-9-4-2-6-18-13(9)12/h1-8H,(H2,17,19)(H,20,21). The van der Waals surface area contributed by atoms with E-state index in [1.54, 1.807) is 12.3 Å². The van der Waals surface area contributed by atoms with E-state index in [4.69, 9.17) is 17.3 Å². The molecule has 2 heterocycles. The van der Waals surface area contributed by atoms with Crippen LogP contribution >= 0.6 is 11.6 Å². The Balaban J connectivity index is 1.94. The number of nitrogens with two attached hydrogens (primary N) is 1. The first kappa shape index (κ1) is 13.3. The highest BCUT2D eigenvalue weighted by atomic mass is 35.5. The van der Waals surface area contributed by atoms with E-state index in [1.165, 1.54) is 12.3 Å². The molecular weight excluding hydrogens is 288 g/mol. The Hall–Kier alpha value is -2.66. The minimum absolute atomic E-state index is 0.194. The van der Waals surface area contributed by atoms with Crippen molar-refractivity contribution >= 4 is 39.9 Å². The number of rotatable bonds is 2. The van der Waals surface area contributed by atoms with Gasteiger partial charge >= 0.3 is 0 Å². The van der Waals surface area contributed by atoms with Crippen LogP contribution in [-0.2, 0) is 0 Å². The van der Waals surface area contributed by atoms with Crippen molar-refractivity contribution in [1.29, 1.82) is 0 Å². The normalized spacial score (nSPS) is 10.5. The third-order valence-corrected chi connectivity index (χ3v) is 3.32. The molecule has 3 N–H and O–H groups in total. The van der Waals surface area contributed by atoms with Crippen molar-refractivity contribution in [2.24, 2.45) is 0 Å². The van der Waals surface area contributed by atoms with Gasteiger partial charge in [0, 0.05) is 17.8 Å². The predicted octanol–water partition coefficient (Wildman–Crippen LogP) is 3.12. The Morgan fingerprint density at radius 3 is 2.81 bits per heavy atom. The highest BCUT2D eigenvalue weighted by molar-refractivity contribution is 6.33. The van der Waals surface area contributed by atoms with Crippen LogP contribution in [0.1, 0.15) is 10.4 Å². The molecule has 0 atom stereocenters. The van der Waals surface area contributed by atoms with Crippen molar-refractivity contribution in [3.63, 3.8) is 0 Å². The molecule has 0 spiro atoms. The minimum Gasteiger partial charge on any atom is -0.382 e. The zero-order valence-electron chi connectivity index (χ0n) is 10.9. The molecule has 0 aliphatic carbocycles. The first-order chi connectivity index (χ1) is 10.1. The Kier molecular flexibility index (Phi) is 3.41. The molecule has 1 aromatic carbocycles. The molecule has 0 saturated carbocycles. The summed E-state index contributed by atoms with van der Waals surface area (Å²) in [5.41, 5.74) is 7.22. The molecule has 0 aliphatic heterocycles. The van der Waals surface area contributed by atoms with Gasteiger partial charge in [-0.25, -0.2) is 4.98 Å². The number of carbonyl (C=O) groups is 1. The predicted molar refractivity (Wildman–Crippen MR) is 83.4 cm³/mol. The molecule has 0 saturated heterocycles. The number of para-hydroxylation sites is 1. The van der Waals surface area contributed by atoms with Crippen LogP contribution in [0.4, 0.5) is 11.5 Å². The molecule has 0 bridgehead atoms. The Morgan fingerprint density at radius 2 is 2.00 bits per heavy atom. The van der Waals surface area contributed by atoms with E-state index in [-0.39, 0.29) is 16.7 Å². The Labute approximate surface area is 125 Å². The smallest absolute Gasteiger partial charge is 0.257 e. The Bertz CT molecular complexity index is 830. The van der Waals surface area contributed by atoms with Crippen LogP contribution in [0.25, 0.3) is 10.9 Å². The van der Waals surface area contributed by atoms with Crippen molar-refractivity contribution in [2.75, 3.05) is 11.1 Å². The van der Waals surface area contributed by atoms with Gasteiger partial charge < -0.3 is 11.1 Å². The molecule has 0 aliphatic rings. The van der Waals surface area contributed by atoms with E-state index in [1.807, 2.05) is 24.3 Å². The second-order valence-electron chi connectivity index (χ2n) is 4.43. The summed E-state index contributed by atoms with van der Waals surface area (Å²) in [5.74, 6) is -0.123. The average molecular weight is 299 g/mol. The maximum atomic E-state index is 12.2. The number of hydrogen-bond acceptors (Lipinski definition) is 4. The number of hydrogen-bond donors (Lipinski definition) is 2. The van der Waals surface area contributed by atoms with Crippen LogP contribution in [-0.4, -0.2) is 15.9 Å². The molecule has 1 amide bonds. The van der Waals surface area contributed by atoms with Crippen LogP contribution in [0, 0.1) is 0 Å². The number of pyridine rings is 2. The monoisotopic (exact) mass is 298 g/mol. The average Bonchev–Trinajstić information content (AvgIpc) is 2.50. The molecule has 2 aromatic heterocycles. The lowest BCUT2D eigenvalue weighted by atomic mass is 10.2. The van der Waals surface area contributed by atoms with Crippen molar-refractivity contribution in [1.82, 2.24) is 9.97 Å². The summed E-state index contributed by atoms with van der Waals surface area (Å²) in [7, 11) is 0. The summed E-state index contributed by atoms with van der Waals surface area (Å²) in [6.07, 6.45) is 3.06. The SMILES string of the molecule is Nc1ncc(C(=O)Nc2cccc3cccnc23)cc1Cl. The minimum atomic E-state index is -0.317. The van der Waals surface area contributed by atoms with Crippen molar-refractivity contribution in [2.45, 2.75) is 0 Å². The summed E-state index contributed by atoms with van der Waals surface area (Å²) < 4.78 is 0. The van der Waals surface area contributed by atoms with E-state index < -0.39 is 0 Å². The number of nitrogens with zero attached hydrogens (tertiary/aromatic N) is 2. The lowest BCUT2D eigenvalue weighted by Gasteiger charge is -2.08.